The van der Waals surface area contributed by atoms with E-state index in [9.17, 15) is 9.18 Å². The molecule has 5 heterocycles. The monoisotopic (exact) mass is 548 g/mol. The highest BCUT2D eigenvalue weighted by atomic mass is 19.1. The van der Waals surface area contributed by atoms with Gasteiger partial charge in [0, 0.05) is 35.5 Å². The van der Waals surface area contributed by atoms with E-state index in [1.807, 2.05) is 18.2 Å². The number of fused-ring (bicyclic) bond motifs is 2. The molecule has 0 unspecified atom stereocenters. The van der Waals surface area contributed by atoms with E-state index in [1.54, 1.807) is 30.9 Å². The Labute approximate surface area is 233 Å². The molecule has 10 nitrogen and oxygen atoms in total. The van der Waals surface area contributed by atoms with Gasteiger partial charge in [-0.3, -0.25) is 19.9 Å². The molecule has 41 heavy (non-hydrogen) atoms. The number of carbonyl (C=O) groups is 1. The summed E-state index contributed by atoms with van der Waals surface area (Å²) in [6.45, 7) is 0. The van der Waals surface area contributed by atoms with Crippen molar-refractivity contribution in [1.29, 1.82) is 0 Å². The fourth-order valence-corrected chi connectivity index (χ4v) is 5.40. The van der Waals surface area contributed by atoms with Gasteiger partial charge < -0.3 is 15.0 Å². The Kier molecular flexibility index (Phi) is 6.11. The van der Waals surface area contributed by atoms with Crippen molar-refractivity contribution in [3.05, 3.63) is 67.0 Å². The summed E-state index contributed by atoms with van der Waals surface area (Å²) in [5, 5.41) is 10.5. The minimum absolute atomic E-state index is 0.0393. The zero-order valence-electron chi connectivity index (χ0n) is 22.1. The molecule has 0 aliphatic heterocycles. The van der Waals surface area contributed by atoms with Gasteiger partial charge in [0.1, 0.15) is 17.1 Å². The molecule has 1 aromatic carbocycles. The molecular weight excluding hydrogens is 523 g/mol. The van der Waals surface area contributed by atoms with E-state index in [4.69, 9.17) is 14.7 Å². The predicted octanol–water partition coefficient (Wildman–Crippen LogP) is 5.90. The molecule has 1 fully saturated rings. The van der Waals surface area contributed by atoms with Gasteiger partial charge in [0.15, 0.2) is 11.5 Å². The van der Waals surface area contributed by atoms with Gasteiger partial charge in [0.2, 0.25) is 5.91 Å². The Morgan fingerprint density at radius 1 is 0.951 bits per heavy atom. The van der Waals surface area contributed by atoms with Crippen molar-refractivity contribution in [1.82, 2.24) is 35.1 Å². The van der Waals surface area contributed by atoms with E-state index in [0.29, 0.717) is 56.3 Å². The topological polar surface area (TPSA) is 134 Å². The van der Waals surface area contributed by atoms with Crippen molar-refractivity contribution in [2.24, 2.45) is 5.92 Å². The number of nitrogens with zero attached hydrogens (tertiary/aromatic N) is 5. The van der Waals surface area contributed by atoms with E-state index < -0.39 is 5.82 Å². The maximum atomic E-state index is 14.3. The third kappa shape index (κ3) is 4.65. The Bertz CT molecular complexity index is 1930. The lowest BCUT2D eigenvalue weighted by atomic mass is 10.1. The number of methoxy groups -OCH3 is 1. The number of imidazole rings is 1. The second-order valence-corrected chi connectivity index (χ2v) is 10.1. The molecule has 0 radical (unpaired) electrons. The standard InChI is InChI=1S/C30H25FN8O2/c1-41-21-10-17(8-19(31)11-21)22-14-33-15-25-26(22)37-29(36-25)28-27-24(38-39-28)7-6-23(35-27)18-9-20(13-32-12-18)34-30(40)16-4-2-3-5-16/h6-16H,2-5H2,1H3,(H,34,40)(H,36,37)(H,38,39). The summed E-state index contributed by atoms with van der Waals surface area (Å²) in [7, 11) is 1.49. The van der Waals surface area contributed by atoms with Crippen LogP contribution in [-0.4, -0.2) is 48.1 Å². The number of nitrogens with one attached hydrogen (secondary N) is 3. The molecule has 0 bridgehead atoms. The lowest BCUT2D eigenvalue weighted by Crippen LogP contribution is -2.20. The summed E-state index contributed by atoms with van der Waals surface area (Å²) >= 11 is 0. The Morgan fingerprint density at radius 3 is 2.66 bits per heavy atom. The Morgan fingerprint density at radius 2 is 1.80 bits per heavy atom. The van der Waals surface area contributed by atoms with Gasteiger partial charge in [-0.2, -0.15) is 5.10 Å². The molecule has 11 heteroatoms. The number of ether oxygens (including phenoxy) is 1. The second kappa shape index (κ2) is 10.1. The Hall–Kier alpha value is -5.19. The Balaban J connectivity index is 1.25. The molecule has 1 aliphatic carbocycles. The molecule has 1 saturated carbocycles. The van der Waals surface area contributed by atoms with Crippen LogP contribution in [0.5, 0.6) is 5.75 Å². The highest BCUT2D eigenvalue weighted by Gasteiger charge is 2.23. The van der Waals surface area contributed by atoms with Crippen molar-refractivity contribution in [3.63, 3.8) is 0 Å². The van der Waals surface area contributed by atoms with E-state index >= 15 is 0 Å². The van der Waals surface area contributed by atoms with Crippen LogP contribution >= 0.6 is 0 Å². The second-order valence-electron chi connectivity index (χ2n) is 10.1. The molecule has 1 amide bonds. The van der Waals surface area contributed by atoms with Crippen molar-refractivity contribution in [2.75, 3.05) is 12.4 Å². The molecule has 6 aromatic rings. The fraction of sp³-hybridized carbons (Fsp3) is 0.200. The summed E-state index contributed by atoms with van der Waals surface area (Å²) in [5.41, 5.74) is 6.48. The molecule has 5 aromatic heterocycles. The number of aromatic nitrogens is 7. The third-order valence-electron chi connectivity index (χ3n) is 7.47. The van der Waals surface area contributed by atoms with Crippen LogP contribution in [0.3, 0.4) is 0 Å². The van der Waals surface area contributed by atoms with Crippen LogP contribution in [0.25, 0.3) is 56.0 Å². The molecule has 1 aliphatic rings. The SMILES string of the molecule is COc1cc(F)cc(-c2cncc3[nH]c(-c4n[nH]c5ccc(-c6cncc(NC(=O)C7CCCC7)c6)nc45)nc23)c1. The number of aromatic amines is 2. The maximum Gasteiger partial charge on any atom is 0.227 e. The van der Waals surface area contributed by atoms with E-state index in [0.717, 1.165) is 36.8 Å². The first kappa shape index (κ1) is 24.8. The van der Waals surface area contributed by atoms with Crippen molar-refractivity contribution < 1.29 is 13.9 Å². The van der Waals surface area contributed by atoms with Gasteiger partial charge in [0.05, 0.1) is 47.4 Å². The first-order valence-electron chi connectivity index (χ1n) is 13.4. The van der Waals surface area contributed by atoms with Crippen molar-refractivity contribution in [2.45, 2.75) is 25.7 Å². The first-order chi connectivity index (χ1) is 20.1. The first-order valence-corrected chi connectivity index (χ1v) is 13.4. The van der Waals surface area contributed by atoms with Gasteiger partial charge >= 0.3 is 0 Å². The molecule has 0 spiro atoms. The third-order valence-corrected chi connectivity index (χ3v) is 7.47. The van der Waals surface area contributed by atoms with Gasteiger partial charge in [-0.05, 0) is 48.7 Å². The average Bonchev–Trinajstić information content (AvgIpc) is 3.76. The molecule has 0 saturated heterocycles. The summed E-state index contributed by atoms with van der Waals surface area (Å²) < 4.78 is 19.5. The van der Waals surface area contributed by atoms with Gasteiger partial charge in [0.25, 0.3) is 0 Å². The zero-order chi connectivity index (χ0) is 27.9. The molecule has 3 N–H and O–H groups in total. The van der Waals surface area contributed by atoms with Crippen LogP contribution in [-0.2, 0) is 4.79 Å². The number of rotatable bonds is 6. The number of carbonyl (C=O) groups excluding carboxylic acids is 1. The quantitative estimate of drug-likeness (QED) is 0.236. The number of hydrogen-bond acceptors (Lipinski definition) is 7. The average molecular weight is 549 g/mol. The summed E-state index contributed by atoms with van der Waals surface area (Å²) in [5.74, 6) is 0.573. The van der Waals surface area contributed by atoms with Crippen LogP contribution in [0.15, 0.2) is 61.2 Å². The van der Waals surface area contributed by atoms with Crippen LogP contribution in [0.4, 0.5) is 10.1 Å². The lowest BCUT2D eigenvalue weighted by Gasteiger charge is -2.11. The van der Waals surface area contributed by atoms with Gasteiger partial charge in [-0.1, -0.05) is 12.8 Å². The molecule has 7 rings (SSSR count). The summed E-state index contributed by atoms with van der Waals surface area (Å²) in [6.07, 6.45) is 10.7. The summed E-state index contributed by atoms with van der Waals surface area (Å²) in [6, 6.07) is 10.1. The zero-order valence-corrected chi connectivity index (χ0v) is 22.1. The van der Waals surface area contributed by atoms with E-state index in [-0.39, 0.29) is 11.8 Å². The smallest absolute Gasteiger partial charge is 0.227 e. The van der Waals surface area contributed by atoms with Gasteiger partial charge in [-0.15, -0.1) is 0 Å². The van der Waals surface area contributed by atoms with Crippen LogP contribution in [0, 0.1) is 11.7 Å². The predicted molar refractivity (Wildman–Crippen MR) is 153 cm³/mol. The lowest BCUT2D eigenvalue weighted by molar-refractivity contribution is -0.119. The van der Waals surface area contributed by atoms with Crippen LogP contribution < -0.4 is 10.1 Å². The van der Waals surface area contributed by atoms with E-state index in [2.05, 4.69) is 30.5 Å². The minimum Gasteiger partial charge on any atom is -0.497 e. The maximum absolute atomic E-state index is 14.3. The highest BCUT2D eigenvalue weighted by Crippen LogP contribution is 2.33. The largest absolute Gasteiger partial charge is 0.497 e. The number of benzene rings is 1. The molecule has 0 atom stereocenters. The fourth-order valence-electron chi connectivity index (χ4n) is 5.40. The molecule has 204 valence electrons. The summed E-state index contributed by atoms with van der Waals surface area (Å²) in [4.78, 5) is 34.3. The van der Waals surface area contributed by atoms with Crippen molar-refractivity contribution in [3.8, 4) is 39.7 Å². The van der Waals surface area contributed by atoms with E-state index in [1.165, 1.54) is 19.2 Å². The highest BCUT2D eigenvalue weighted by molar-refractivity contribution is 5.96. The number of halogens is 1. The van der Waals surface area contributed by atoms with Crippen LogP contribution in [0.2, 0.25) is 0 Å². The van der Waals surface area contributed by atoms with Crippen molar-refractivity contribution >= 4 is 33.7 Å². The molecular formula is C30H25FN8O2. The van der Waals surface area contributed by atoms with Crippen LogP contribution in [0.1, 0.15) is 25.7 Å². The number of H-pyrrole nitrogens is 2. The van der Waals surface area contributed by atoms with Gasteiger partial charge in [-0.25, -0.2) is 14.4 Å². The number of hydrogen-bond donors (Lipinski definition) is 3. The number of pyridine rings is 3. The number of anilines is 1. The normalized spacial score (nSPS) is 13.7. The number of amides is 1. The minimum atomic E-state index is -0.418.